The summed E-state index contributed by atoms with van der Waals surface area (Å²) in [7, 11) is -3.97. The van der Waals surface area contributed by atoms with Crippen LogP contribution in [0.2, 0.25) is 5.15 Å². The number of halogens is 2. The molecule has 0 amide bonds. The van der Waals surface area contributed by atoms with E-state index in [4.69, 9.17) is 11.6 Å². The first-order chi connectivity index (χ1) is 8.92. The maximum absolute atomic E-state index is 13.6. The van der Waals surface area contributed by atoms with Crippen molar-refractivity contribution in [2.24, 2.45) is 0 Å². The fourth-order valence-electron chi connectivity index (χ4n) is 1.52. The number of para-hydroxylation sites is 1. The number of nitrogens with zero attached hydrogens (tertiary/aromatic N) is 1. The predicted molar refractivity (Wildman–Crippen MR) is 71.2 cm³/mol. The molecule has 0 bridgehead atoms. The molecule has 1 N–H and O–H groups in total. The summed E-state index contributed by atoms with van der Waals surface area (Å²) in [6.45, 7) is 1.60. The highest BCUT2D eigenvalue weighted by Crippen LogP contribution is 2.25. The van der Waals surface area contributed by atoms with Gasteiger partial charge in [-0.3, -0.25) is 4.72 Å². The largest absolute Gasteiger partial charge is 0.276 e. The van der Waals surface area contributed by atoms with Crippen LogP contribution in [-0.4, -0.2) is 13.4 Å². The molecule has 0 saturated heterocycles. The molecule has 1 aromatic heterocycles. The molecule has 1 heterocycles. The van der Waals surface area contributed by atoms with E-state index in [1.165, 1.54) is 30.5 Å². The van der Waals surface area contributed by atoms with E-state index in [0.29, 0.717) is 5.56 Å². The topological polar surface area (TPSA) is 59.1 Å². The quantitative estimate of drug-likeness (QED) is 0.887. The van der Waals surface area contributed by atoms with Gasteiger partial charge in [-0.15, -0.1) is 0 Å². The van der Waals surface area contributed by atoms with Gasteiger partial charge in [-0.05, 0) is 30.7 Å². The normalized spacial score (nSPS) is 11.3. The van der Waals surface area contributed by atoms with E-state index in [0.717, 1.165) is 0 Å². The van der Waals surface area contributed by atoms with Crippen LogP contribution in [0.1, 0.15) is 5.56 Å². The van der Waals surface area contributed by atoms with E-state index in [1.807, 2.05) is 0 Å². The van der Waals surface area contributed by atoms with Gasteiger partial charge in [0.05, 0.1) is 5.69 Å². The van der Waals surface area contributed by atoms with Crippen LogP contribution in [0.25, 0.3) is 0 Å². The zero-order chi connectivity index (χ0) is 14.0. The summed E-state index contributed by atoms with van der Waals surface area (Å²) in [6, 6.07) is 7.02. The average molecular weight is 301 g/mol. The maximum atomic E-state index is 13.6. The fourth-order valence-corrected chi connectivity index (χ4v) is 3.12. The zero-order valence-corrected chi connectivity index (χ0v) is 11.5. The number of anilines is 1. The summed E-state index contributed by atoms with van der Waals surface area (Å²) >= 11 is 5.73. The van der Waals surface area contributed by atoms with Crippen LogP contribution in [0, 0.1) is 12.7 Å². The number of hydrogen-bond donors (Lipinski definition) is 1. The highest BCUT2D eigenvalue weighted by molar-refractivity contribution is 7.92. The second-order valence-electron chi connectivity index (χ2n) is 3.83. The third-order valence-electron chi connectivity index (χ3n) is 2.47. The number of benzene rings is 1. The summed E-state index contributed by atoms with van der Waals surface area (Å²) in [5, 5.41) is -0.163. The minimum atomic E-state index is -3.97. The number of aryl methyl sites for hydroxylation is 1. The number of aromatic nitrogens is 1. The third kappa shape index (κ3) is 2.85. The molecule has 2 aromatic rings. The first-order valence-electron chi connectivity index (χ1n) is 5.30. The molecule has 0 spiro atoms. The maximum Gasteiger partial charge on any atom is 0.265 e. The molecule has 1 aromatic carbocycles. The van der Waals surface area contributed by atoms with Crippen LogP contribution in [0.3, 0.4) is 0 Å². The second kappa shape index (κ2) is 5.14. The fraction of sp³-hybridized carbons (Fsp3) is 0.0833. The van der Waals surface area contributed by atoms with Crippen molar-refractivity contribution in [2.75, 3.05) is 4.72 Å². The van der Waals surface area contributed by atoms with E-state index in [1.54, 1.807) is 13.0 Å². The van der Waals surface area contributed by atoms with Crippen LogP contribution >= 0.6 is 11.6 Å². The van der Waals surface area contributed by atoms with Crippen LogP contribution in [0.4, 0.5) is 10.1 Å². The molecular weight excluding hydrogens is 291 g/mol. The smallest absolute Gasteiger partial charge is 0.265 e. The van der Waals surface area contributed by atoms with Crippen molar-refractivity contribution in [2.45, 2.75) is 11.8 Å². The SMILES string of the molecule is Cc1cccc(F)c1NS(=O)(=O)c1cccnc1Cl. The molecule has 0 aliphatic rings. The van der Waals surface area contributed by atoms with Crippen molar-refractivity contribution in [3.05, 3.63) is 53.1 Å². The summed E-state index contributed by atoms with van der Waals surface area (Å²) in [6.07, 6.45) is 1.37. The first-order valence-corrected chi connectivity index (χ1v) is 7.16. The van der Waals surface area contributed by atoms with Crippen molar-refractivity contribution in [3.8, 4) is 0 Å². The number of hydrogen-bond acceptors (Lipinski definition) is 3. The molecule has 0 fully saturated rings. The Morgan fingerprint density at radius 3 is 2.63 bits per heavy atom. The molecule has 4 nitrogen and oxygen atoms in total. The molecular formula is C12H10ClFN2O2S. The Kier molecular flexibility index (Phi) is 3.73. The highest BCUT2D eigenvalue weighted by atomic mass is 35.5. The Morgan fingerprint density at radius 1 is 1.26 bits per heavy atom. The van der Waals surface area contributed by atoms with Gasteiger partial charge in [0.1, 0.15) is 15.9 Å². The Balaban J connectivity index is 2.46. The van der Waals surface area contributed by atoms with Gasteiger partial charge in [-0.1, -0.05) is 23.7 Å². The first kappa shape index (κ1) is 13.8. The summed E-state index contributed by atoms with van der Waals surface area (Å²) in [5.74, 6) is -0.649. The lowest BCUT2D eigenvalue weighted by molar-refractivity contribution is 0.598. The second-order valence-corrected chi connectivity index (χ2v) is 5.84. The van der Waals surface area contributed by atoms with Crippen molar-refractivity contribution in [1.29, 1.82) is 0 Å². The Labute approximate surface area is 115 Å². The molecule has 0 aliphatic carbocycles. The molecule has 7 heteroatoms. The predicted octanol–water partition coefficient (Wildman–Crippen LogP) is 2.98. The van der Waals surface area contributed by atoms with E-state index < -0.39 is 15.8 Å². The van der Waals surface area contributed by atoms with Gasteiger partial charge in [0, 0.05) is 6.20 Å². The van der Waals surface area contributed by atoms with E-state index in [2.05, 4.69) is 9.71 Å². The van der Waals surface area contributed by atoms with E-state index in [9.17, 15) is 12.8 Å². The number of nitrogens with one attached hydrogen (secondary N) is 1. The van der Waals surface area contributed by atoms with E-state index in [-0.39, 0.29) is 15.7 Å². The lowest BCUT2D eigenvalue weighted by Crippen LogP contribution is -2.15. The molecule has 2 rings (SSSR count). The average Bonchev–Trinajstić information content (AvgIpc) is 2.34. The standard InChI is InChI=1S/C12H10ClFN2O2S/c1-8-4-2-5-9(14)11(8)16-19(17,18)10-6-3-7-15-12(10)13/h2-7,16H,1H3. The molecule has 0 atom stereocenters. The summed E-state index contributed by atoms with van der Waals surface area (Å²) in [4.78, 5) is 3.49. The molecule has 0 unspecified atom stereocenters. The summed E-state index contributed by atoms with van der Waals surface area (Å²) < 4.78 is 40.1. The highest BCUT2D eigenvalue weighted by Gasteiger charge is 2.20. The minimum absolute atomic E-state index is 0.0950. The number of rotatable bonds is 3. The van der Waals surface area contributed by atoms with Crippen LogP contribution < -0.4 is 4.72 Å². The van der Waals surface area contributed by atoms with Gasteiger partial charge in [0.2, 0.25) is 0 Å². The lowest BCUT2D eigenvalue weighted by Gasteiger charge is -2.11. The van der Waals surface area contributed by atoms with Crippen molar-refractivity contribution in [1.82, 2.24) is 4.98 Å². The Morgan fingerprint density at radius 2 is 2.00 bits per heavy atom. The molecule has 100 valence electrons. The van der Waals surface area contributed by atoms with Gasteiger partial charge in [-0.2, -0.15) is 0 Å². The van der Waals surface area contributed by atoms with Crippen LogP contribution in [-0.2, 0) is 10.0 Å². The lowest BCUT2D eigenvalue weighted by atomic mass is 10.2. The zero-order valence-electron chi connectivity index (χ0n) is 9.89. The van der Waals surface area contributed by atoms with Gasteiger partial charge < -0.3 is 0 Å². The molecule has 0 saturated carbocycles. The number of pyridine rings is 1. The molecule has 19 heavy (non-hydrogen) atoms. The monoisotopic (exact) mass is 300 g/mol. The van der Waals surface area contributed by atoms with Gasteiger partial charge in [-0.25, -0.2) is 17.8 Å². The van der Waals surface area contributed by atoms with E-state index >= 15 is 0 Å². The van der Waals surface area contributed by atoms with Gasteiger partial charge >= 0.3 is 0 Å². The number of sulfonamides is 1. The Bertz CT molecular complexity index is 699. The van der Waals surface area contributed by atoms with Crippen LogP contribution in [0.5, 0.6) is 0 Å². The van der Waals surface area contributed by atoms with Crippen molar-refractivity contribution >= 4 is 27.3 Å². The van der Waals surface area contributed by atoms with Crippen LogP contribution in [0.15, 0.2) is 41.4 Å². The van der Waals surface area contributed by atoms with Gasteiger partial charge in [0.15, 0.2) is 0 Å². The molecule has 0 radical (unpaired) electrons. The van der Waals surface area contributed by atoms with Gasteiger partial charge in [0.25, 0.3) is 10.0 Å². The molecule has 0 aliphatic heterocycles. The van der Waals surface area contributed by atoms with Crippen molar-refractivity contribution in [3.63, 3.8) is 0 Å². The third-order valence-corrected chi connectivity index (χ3v) is 4.27. The van der Waals surface area contributed by atoms with Crippen molar-refractivity contribution < 1.29 is 12.8 Å². The Hall–Kier alpha value is -1.66. The summed E-state index contributed by atoms with van der Waals surface area (Å²) in [5.41, 5.74) is 0.381. The minimum Gasteiger partial charge on any atom is -0.276 e.